The summed E-state index contributed by atoms with van der Waals surface area (Å²) in [6.07, 6.45) is 2.23. The average molecular weight is 191 g/mol. The molecule has 0 amide bonds. The minimum Gasteiger partial charge on any atom is -0.300 e. The van der Waals surface area contributed by atoms with Gasteiger partial charge in [-0.1, -0.05) is 13.8 Å². The van der Waals surface area contributed by atoms with Gasteiger partial charge in [0.05, 0.1) is 0 Å². The highest BCUT2D eigenvalue weighted by molar-refractivity contribution is 4.80. The second-order valence-electron chi connectivity index (χ2n) is 3.86. The zero-order valence-corrected chi connectivity index (χ0v) is 8.52. The molecule has 1 aliphatic rings. The molecule has 0 N–H and O–H groups in total. The van der Waals surface area contributed by atoms with Crippen LogP contribution in [-0.4, -0.2) is 30.0 Å². The van der Waals surface area contributed by atoms with E-state index in [0.717, 1.165) is 12.8 Å². The molecular weight excluding hydrogens is 172 g/mol. The van der Waals surface area contributed by atoms with Gasteiger partial charge in [-0.15, -0.1) is 0 Å². The lowest BCUT2D eigenvalue weighted by molar-refractivity contribution is -0.0635. The van der Waals surface area contributed by atoms with Gasteiger partial charge in [0.15, 0.2) is 0 Å². The molecule has 0 spiro atoms. The zero-order valence-electron chi connectivity index (χ0n) is 8.52. The van der Waals surface area contributed by atoms with Gasteiger partial charge in [-0.3, -0.25) is 4.90 Å². The molecule has 1 nitrogen and oxygen atoms in total. The van der Waals surface area contributed by atoms with Crippen LogP contribution in [0.2, 0.25) is 0 Å². The summed E-state index contributed by atoms with van der Waals surface area (Å²) in [6.45, 7) is 5.39. The predicted molar refractivity (Wildman–Crippen MR) is 50.1 cm³/mol. The lowest BCUT2D eigenvalue weighted by Crippen LogP contribution is -2.44. The molecule has 0 aromatic carbocycles. The number of piperidine rings is 1. The molecule has 1 fully saturated rings. The van der Waals surface area contributed by atoms with E-state index in [2.05, 4.69) is 18.7 Å². The fourth-order valence-electron chi connectivity index (χ4n) is 2.02. The van der Waals surface area contributed by atoms with Crippen molar-refractivity contribution < 1.29 is 8.78 Å². The van der Waals surface area contributed by atoms with Crippen molar-refractivity contribution in [1.29, 1.82) is 0 Å². The first-order chi connectivity index (χ1) is 6.09. The molecule has 1 rings (SSSR count). The summed E-state index contributed by atoms with van der Waals surface area (Å²) in [5.41, 5.74) is 0. The highest BCUT2D eigenvalue weighted by atomic mass is 19.3. The highest BCUT2D eigenvalue weighted by Crippen LogP contribution is 2.29. The first kappa shape index (κ1) is 10.9. The Morgan fingerprint density at radius 1 is 1.15 bits per heavy atom. The maximum Gasteiger partial charge on any atom is 0.250 e. The number of halogens is 2. The van der Waals surface area contributed by atoms with Gasteiger partial charge in [0.2, 0.25) is 0 Å². The molecule has 0 unspecified atom stereocenters. The summed E-state index contributed by atoms with van der Waals surface area (Å²) in [7, 11) is 0. The Kier molecular flexibility index (Phi) is 3.65. The Bertz CT molecular complexity index is 145. The Morgan fingerprint density at radius 2 is 1.62 bits per heavy atom. The third kappa shape index (κ3) is 2.90. The molecule has 1 aliphatic heterocycles. The van der Waals surface area contributed by atoms with Crippen LogP contribution in [0.5, 0.6) is 0 Å². The van der Waals surface area contributed by atoms with E-state index < -0.39 is 5.92 Å². The van der Waals surface area contributed by atoms with Gasteiger partial charge in [-0.25, -0.2) is 8.78 Å². The minimum absolute atomic E-state index is 0.0451. The third-order valence-corrected chi connectivity index (χ3v) is 2.99. The van der Waals surface area contributed by atoms with Crippen molar-refractivity contribution in [2.75, 3.05) is 13.1 Å². The molecule has 0 atom stereocenters. The Labute approximate surface area is 79.1 Å². The van der Waals surface area contributed by atoms with Crippen molar-refractivity contribution >= 4 is 0 Å². The maximum atomic E-state index is 12.8. The van der Waals surface area contributed by atoms with Gasteiger partial charge in [0.1, 0.15) is 0 Å². The lowest BCUT2D eigenvalue weighted by Gasteiger charge is -2.36. The summed E-state index contributed by atoms with van der Waals surface area (Å²) in [6, 6.07) is 0.510. The molecular formula is C10H19F2N. The van der Waals surface area contributed by atoms with Crippen molar-refractivity contribution in [3.8, 4) is 0 Å². The van der Waals surface area contributed by atoms with Crippen LogP contribution in [0.15, 0.2) is 0 Å². The summed E-state index contributed by atoms with van der Waals surface area (Å²) in [5, 5.41) is 0. The molecule has 0 radical (unpaired) electrons. The van der Waals surface area contributed by atoms with E-state index in [4.69, 9.17) is 0 Å². The van der Waals surface area contributed by atoms with Crippen LogP contribution >= 0.6 is 0 Å². The molecule has 0 aliphatic carbocycles. The summed E-state index contributed by atoms with van der Waals surface area (Å²) in [4.78, 5) is 2.21. The standard InChI is InChI=1S/C10H19F2N/c1-3-9(4-2)13-7-5-10(11,12)6-8-13/h9H,3-8H2,1-2H3. The SMILES string of the molecule is CCC(CC)N1CCC(F)(F)CC1. The van der Waals surface area contributed by atoms with E-state index in [1.54, 1.807) is 0 Å². The van der Waals surface area contributed by atoms with Crippen LogP contribution in [0.1, 0.15) is 39.5 Å². The van der Waals surface area contributed by atoms with Crippen LogP contribution in [0.25, 0.3) is 0 Å². The normalized spacial score (nSPS) is 23.8. The van der Waals surface area contributed by atoms with Crippen LogP contribution < -0.4 is 0 Å². The molecule has 13 heavy (non-hydrogen) atoms. The van der Waals surface area contributed by atoms with Crippen LogP contribution in [-0.2, 0) is 0 Å². The molecule has 0 aromatic rings. The van der Waals surface area contributed by atoms with E-state index in [-0.39, 0.29) is 12.8 Å². The van der Waals surface area contributed by atoms with Gasteiger partial charge in [0, 0.05) is 32.0 Å². The van der Waals surface area contributed by atoms with Crippen molar-refractivity contribution in [3.05, 3.63) is 0 Å². The Hall–Kier alpha value is -0.180. The smallest absolute Gasteiger partial charge is 0.250 e. The largest absolute Gasteiger partial charge is 0.300 e. The summed E-state index contributed by atoms with van der Waals surface area (Å²) in [5.74, 6) is -2.40. The number of nitrogens with zero attached hydrogens (tertiary/aromatic N) is 1. The van der Waals surface area contributed by atoms with E-state index >= 15 is 0 Å². The molecule has 3 heteroatoms. The number of rotatable bonds is 3. The highest BCUT2D eigenvalue weighted by Gasteiger charge is 2.35. The van der Waals surface area contributed by atoms with Crippen LogP contribution in [0.3, 0.4) is 0 Å². The fraction of sp³-hybridized carbons (Fsp3) is 1.00. The van der Waals surface area contributed by atoms with E-state index in [1.807, 2.05) is 0 Å². The number of likely N-dealkylation sites (tertiary alicyclic amines) is 1. The van der Waals surface area contributed by atoms with Crippen molar-refractivity contribution in [2.24, 2.45) is 0 Å². The second kappa shape index (κ2) is 4.36. The molecule has 0 bridgehead atoms. The minimum atomic E-state index is -2.40. The van der Waals surface area contributed by atoms with Crippen molar-refractivity contribution in [3.63, 3.8) is 0 Å². The molecule has 0 saturated carbocycles. The van der Waals surface area contributed by atoms with Gasteiger partial charge in [0.25, 0.3) is 5.92 Å². The van der Waals surface area contributed by atoms with Crippen molar-refractivity contribution in [1.82, 2.24) is 4.90 Å². The predicted octanol–water partition coefficient (Wildman–Crippen LogP) is 2.91. The van der Waals surface area contributed by atoms with Gasteiger partial charge in [-0.05, 0) is 12.8 Å². The summed E-state index contributed by atoms with van der Waals surface area (Å²) < 4.78 is 25.6. The van der Waals surface area contributed by atoms with Gasteiger partial charge >= 0.3 is 0 Å². The van der Waals surface area contributed by atoms with E-state index in [0.29, 0.717) is 19.1 Å². The maximum absolute atomic E-state index is 12.8. The number of hydrogen-bond donors (Lipinski definition) is 0. The Morgan fingerprint density at radius 3 is 2.00 bits per heavy atom. The first-order valence-corrected chi connectivity index (χ1v) is 5.21. The molecule has 1 saturated heterocycles. The van der Waals surface area contributed by atoms with E-state index in [9.17, 15) is 8.78 Å². The second-order valence-corrected chi connectivity index (χ2v) is 3.86. The van der Waals surface area contributed by atoms with Crippen LogP contribution in [0, 0.1) is 0 Å². The quantitative estimate of drug-likeness (QED) is 0.663. The van der Waals surface area contributed by atoms with E-state index in [1.165, 1.54) is 0 Å². The van der Waals surface area contributed by atoms with Crippen molar-refractivity contribution in [2.45, 2.75) is 51.5 Å². The number of alkyl halides is 2. The lowest BCUT2D eigenvalue weighted by atomic mass is 10.0. The number of hydrogen-bond acceptors (Lipinski definition) is 1. The third-order valence-electron chi connectivity index (χ3n) is 2.99. The topological polar surface area (TPSA) is 3.24 Å². The first-order valence-electron chi connectivity index (χ1n) is 5.21. The molecule has 0 aromatic heterocycles. The van der Waals surface area contributed by atoms with Gasteiger partial charge in [-0.2, -0.15) is 0 Å². The molecule has 78 valence electrons. The van der Waals surface area contributed by atoms with Crippen LogP contribution in [0.4, 0.5) is 8.78 Å². The Balaban J connectivity index is 2.39. The monoisotopic (exact) mass is 191 g/mol. The average Bonchev–Trinajstić information content (AvgIpc) is 2.09. The fourth-order valence-corrected chi connectivity index (χ4v) is 2.02. The summed E-state index contributed by atoms with van der Waals surface area (Å²) >= 11 is 0. The zero-order chi connectivity index (χ0) is 9.90. The molecule has 1 heterocycles. The van der Waals surface area contributed by atoms with Gasteiger partial charge < -0.3 is 0 Å².